The molecule has 4 aromatic heterocycles. The van der Waals surface area contributed by atoms with Gasteiger partial charge in [0.25, 0.3) is 5.56 Å². The first-order valence-electron chi connectivity index (χ1n) is 9.26. The number of hydrogen-bond acceptors (Lipinski definition) is 6. The second-order valence-electron chi connectivity index (χ2n) is 6.91. The number of alkyl halides is 3. The van der Waals surface area contributed by atoms with Gasteiger partial charge in [-0.2, -0.15) is 13.2 Å². The number of aromatic nitrogens is 5. The first kappa shape index (κ1) is 20.6. The first-order valence-corrected chi connectivity index (χ1v) is 9.26. The maximum absolute atomic E-state index is 13.1. The van der Waals surface area contributed by atoms with E-state index in [1.54, 1.807) is 31.5 Å². The second kappa shape index (κ2) is 7.88. The normalized spacial score (nSPS) is 12.8. The molecule has 0 aliphatic carbocycles. The summed E-state index contributed by atoms with van der Waals surface area (Å²) in [4.78, 5) is 29.5. The lowest BCUT2D eigenvalue weighted by atomic mass is 10.1. The highest BCUT2D eigenvalue weighted by Crippen LogP contribution is 2.31. The molecule has 0 saturated carbocycles. The Morgan fingerprint density at radius 1 is 1.10 bits per heavy atom. The first-order chi connectivity index (χ1) is 14.8. The lowest BCUT2D eigenvalue weighted by molar-refractivity contribution is -0.141. The molecule has 0 aromatic carbocycles. The lowest BCUT2D eigenvalue weighted by Gasteiger charge is -2.14. The van der Waals surface area contributed by atoms with Crippen molar-refractivity contribution in [2.45, 2.75) is 19.1 Å². The highest BCUT2D eigenvalue weighted by Gasteiger charge is 2.32. The molecule has 0 aliphatic rings. The van der Waals surface area contributed by atoms with E-state index >= 15 is 0 Å². The van der Waals surface area contributed by atoms with E-state index < -0.39 is 23.5 Å². The number of aliphatic hydroxyl groups is 1. The third-order valence-corrected chi connectivity index (χ3v) is 4.81. The average Bonchev–Trinajstić information content (AvgIpc) is 2.78. The van der Waals surface area contributed by atoms with Crippen molar-refractivity contribution in [3.8, 4) is 22.5 Å². The molecule has 1 unspecified atom stereocenters. The SMILES string of the molecule is CC(CO)n1cnc2c(-c3ccncc3)nc(-c3ccc(C(F)(F)F)nc3)cc2c1=O. The van der Waals surface area contributed by atoms with Gasteiger partial charge in [-0.15, -0.1) is 0 Å². The van der Waals surface area contributed by atoms with Crippen molar-refractivity contribution in [1.29, 1.82) is 0 Å². The summed E-state index contributed by atoms with van der Waals surface area (Å²) in [6.07, 6.45) is 0.972. The second-order valence-corrected chi connectivity index (χ2v) is 6.91. The summed E-state index contributed by atoms with van der Waals surface area (Å²) >= 11 is 0. The number of halogens is 3. The quantitative estimate of drug-likeness (QED) is 0.536. The largest absolute Gasteiger partial charge is 0.433 e. The summed E-state index contributed by atoms with van der Waals surface area (Å²) in [6, 6.07) is 6.48. The van der Waals surface area contributed by atoms with Crippen LogP contribution in [0.2, 0.25) is 0 Å². The van der Waals surface area contributed by atoms with E-state index in [0.29, 0.717) is 22.3 Å². The molecule has 158 valence electrons. The van der Waals surface area contributed by atoms with Crippen molar-refractivity contribution in [3.05, 3.63) is 71.3 Å². The summed E-state index contributed by atoms with van der Waals surface area (Å²) in [5.41, 5.74) is 0.528. The van der Waals surface area contributed by atoms with Gasteiger partial charge < -0.3 is 5.11 Å². The minimum absolute atomic E-state index is 0.222. The molecule has 0 bridgehead atoms. The Balaban J connectivity index is 1.98. The number of rotatable bonds is 4. The molecule has 7 nitrogen and oxygen atoms in total. The van der Waals surface area contributed by atoms with Gasteiger partial charge in [-0.1, -0.05) is 0 Å². The van der Waals surface area contributed by atoms with Crippen LogP contribution in [0.5, 0.6) is 0 Å². The molecule has 0 amide bonds. The minimum Gasteiger partial charge on any atom is -0.394 e. The van der Waals surface area contributed by atoms with Crippen molar-refractivity contribution in [2.24, 2.45) is 0 Å². The number of fused-ring (bicyclic) bond motifs is 1. The van der Waals surface area contributed by atoms with Crippen LogP contribution >= 0.6 is 0 Å². The Kier molecular flexibility index (Phi) is 5.24. The van der Waals surface area contributed by atoms with Gasteiger partial charge in [0.2, 0.25) is 0 Å². The monoisotopic (exact) mass is 427 g/mol. The van der Waals surface area contributed by atoms with Crippen molar-refractivity contribution in [1.82, 2.24) is 24.5 Å². The Bertz CT molecular complexity index is 1290. The van der Waals surface area contributed by atoms with Crippen molar-refractivity contribution >= 4 is 10.9 Å². The Morgan fingerprint density at radius 2 is 1.84 bits per heavy atom. The van der Waals surface area contributed by atoms with Gasteiger partial charge in [-0.05, 0) is 37.3 Å². The van der Waals surface area contributed by atoms with E-state index in [2.05, 4.69) is 19.9 Å². The molecule has 0 aliphatic heterocycles. The number of pyridine rings is 3. The van der Waals surface area contributed by atoms with Crippen LogP contribution < -0.4 is 5.56 Å². The van der Waals surface area contributed by atoms with Crippen LogP contribution in [0.3, 0.4) is 0 Å². The maximum Gasteiger partial charge on any atom is 0.433 e. The van der Waals surface area contributed by atoms with E-state index in [1.165, 1.54) is 23.0 Å². The predicted molar refractivity (Wildman–Crippen MR) is 107 cm³/mol. The lowest BCUT2D eigenvalue weighted by Crippen LogP contribution is -2.25. The molecule has 0 radical (unpaired) electrons. The standard InChI is InChI=1S/C21H16F3N5O2/c1-12(10-30)29-11-27-19-15(20(29)31)8-16(28-18(19)13-4-6-25-7-5-13)14-2-3-17(26-9-14)21(22,23)24/h2-9,11-12,30H,10H2,1H3. The summed E-state index contributed by atoms with van der Waals surface area (Å²) in [6.45, 7) is 1.41. The number of aliphatic hydroxyl groups excluding tert-OH is 1. The van der Waals surface area contributed by atoms with Crippen LogP contribution in [0, 0.1) is 0 Å². The molecule has 10 heteroatoms. The fourth-order valence-electron chi connectivity index (χ4n) is 3.12. The highest BCUT2D eigenvalue weighted by atomic mass is 19.4. The topological polar surface area (TPSA) is 93.8 Å². The third-order valence-electron chi connectivity index (χ3n) is 4.81. The van der Waals surface area contributed by atoms with Gasteiger partial charge in [-0.25, -0.2) is 9.97 Å². The average molecular weight is 427 g/mol. The summed E-state index contributed by atoms with van der Waals surface area (Å²) in [5, 5.41) is 9.66. The molecular formula is C21H16F3N5O2. The Hall–Kier alpha value is -3.66. The highest BCUT2D eigenvalue weighted by molar-refractivity contribution is 5.93. The van der Waals surface area contributed by atoms with Crippen molar-refractivity contribution in [2.75, 3.05) is 6.61 Å². The predicted octanol–water partition coefficient (Wildman–Crippen LogP) is 3.49. The van der Waals surface area contributed by atoms with Crippen molar-refractivity contribution in [3.63, 3.8) is 0 Å². The zero-order valence-electron chi connectivity index (χ0n) is 16.2. The van der Waals surface area contributed by atoms with Crippen LogP contribution in [0.1, 0.15) is 18.7 Å². The summed E-state index contributed by atoms with van der Waals surface area (Å²) in [7, 11) is 0. The van der Waals surface area contributed by atoms with Crippen LogP contribution in [0.4, 0.5) is 13.2 Å². The number of hydrogen-bond donors (Lipinski definition) is 1. The van der Waals surface area contributed by atoms with E-state index in [0.717, 1.165) is 12.3 Å². The molecule has 0 fully saturated rings. The summed E-state index contributed by atoms with van der Waals surface area (Å²) < 4.78 is 39.9. The van der Waals surface area contributed by atoms with Gasteiger partial charge in [-0.3, -0.25) is 19.3 Å². The molecule has 31 heavy (non-hydrogen) atoms. The fourth-order valence-corrected chi connectivity index (χ4v) is 3.12. The zero-order valence-corrected chi connectivity index (χ0v) is 16.2. The van der Waals surface area contributed by atoms with E-state index in [1.807, 2.05) is 0 Å². The van der Waals surface area contributed by atoms with Crippen LogP contribution in [0.15, 0.2) is 60.0 Å². The number of nitrogens with zero attached hydrogens (tertiary/aromatic N) is 5. The molecule has 4 rings (SSSR count). The van der Waals surface area contributed by atoms with Crippen LogP contribution in [0.25, 0.3) is 33.4 Å². The van der Waals surface area contributed by atoms with Gasteiger partial charge in [0.05, 0.1) is 35.8 Å². The molecule has 1 atom stereocenters. The van der Waals surface area contributed by atoms with E-state index in [9.17, 15) is 23.1 Å². The third kappa shape index (κ3) is 3.89. The smallest absolute Gasteiger partial charge is 0.394 e. The Morgan fingerprint density at radius 3 is 2.45 bits per heavy atom. The fraction of sp³-hybridized carbons (Fsp3) is 0.190. The van der Waals surface area contributed by atoms with Crippen molar-refractivity contribution < 1.29 is 18.3 Å². The van der Waals surface area contributed by atoms with Crippen LogP contribution in [-0.2, 0) is 6.18 Å². The minimum atomic E-state index is -4.56. The zero-order chi connectivity index (χ0) is 22.2. The molecule has 1 N–H and O–H groups in total. The van der Waals surface area contributed by atoms with Gasteiger partial charge in [0.1, 0.15) is 11.2 Å². The van der Waals surface area contributed by atoms with Gasteiger partial charge in [0, 0.05) is 29.7 Å². The van der Waals surface area contributed by atoms with E-state index in [4.69, 9.17) is 0 Å². The van der Waals surface area contributed by atoms with Gasteiger partial charge >= 0.3 is 6.18 Å². The molecule has 4 aromatic rings. The van der Waals surface area contributed by atoms with E-state index in [-0.39, 0.29) is 17.7 Å². The van der Waals surface area contributed by atoms with Crippen LogP contribution in [-0.4, -0.2) is 36.2 Å². The Labute approximate surface area is 173 Å². The maximum atomic E-state index is 13.1. The molecule has 4 heterocycles. The summed E-state index contributed by atoms with van der Waals surface area (Å²) in [5.74, 6) is 0. The molecule has 0 spiro atoms. The molecular weight excluding hydrogens is 411 g/mol. The molecule has 0 saturated heterocycles. The van der Waals surface area contributed by atoms with Gasteiger partial charge in [0.15, 0.2) is 0 Å².